The molecule has 0 saturated carbocycles. The zero-order valence-electron chi connectivity index (χ0n) is 5.00. The Hall–Kier alpha value is -1.06. The Bertz CT molecular complexity index is 143. The van der Waals surface area contributed by atoms with Crippen molar-refractivity contribution in [2.45, 2.75) is 6.42 Å². The summed E-state index contributed by atoms with van der Waals surface area (Å²) in [4.78, 5) is 10.7. The zero-order valence-corrected chi connectivity index (χ0v) is 5.00. The van der Waals surface area contributed by atoms with Crippen LogP contribution in [-0.2, 0) is 4.79 Å². The average Bonchev–Trinajstić information content (AvgIpc) is 2.18. The predicted molar refractivity (Wildman–Crippen MR) is 33.8 cm³/mol. The highest BCUT2D eigenvalue weighted by Gasteiger charge is 2.21. The lowest BCUT2D eigenvalue weighted by atomic mass is 10.1. The van der Waals surface area contributed by atoms with Gasteiger partial charge in [-0.1, -0.05) is 0 Å². The smallest absolute Gasteiger partial charge is 0.228 e. The van der Waals surface area contributed by atoms with Crippen molar-refractivity contribution in [3.63, 3.8) is 0 Å². The zero-order chi connectivity index (χ0) is 6.69. The Balaban J connectivity index is 2.49. The lowest BCUT2D eigenvalue weighted by Gasteiger charge is -1.93. The number of carbonyl (C=O) groups excluding carboxylic acids is 1. The molecule has 1 atom stereocenters. The van der Waals surface area contributed by atoms with E-state index >= 15 is 0 Å². The molecule has 4 nitrogen and oxygen atoms in total. The lowest BCUT2D eigenvalue weighted by Crippen LogP contribution is -2.19. The van der Waals surface area contributed by atoms with Gasteiger partial charge in [0.1, 0.15) is 0 Å². The molecule has 1 saturated heterocycles. The van der Waals surface area contributed by atoms with Crippen LogP contribution in [0.1, 0.15) is 6.42 Å². The first-order valence-electron chi connectivity index (χ1n) is 2.85. The molecular weight excluding hydrogens is 118 g/mol. The molecule has 1 aliphatic rings. The quantitative estimate of drug-likeness (QED) is 0.271. The molecule has 0 aliphatic carbocycles. The van der Waals surface area contributed by atoms with Crippen molar-refractivity contribution in [2.75, 3.05) is 6.54 Å². The van der Waals surface area contributed by atoms with Crippen LogP contribution in [0.2, 0.25) is 0 Å². The van der Waals surface area contributed by atoms with Crippen molar-refractivity contribution in [3.05, 3.63) is 0 Å². The summed E-state index contributed by atoms with van der Waals surface area (Å²) in [6, 6.07) is 0. The molecular formula is C5H9N3O. The first-order valence-corrected chi connectivity index (χ1v) is 2.85. The third-order valence-electron chi connectivity index (χ3n) is 1.36. The van der Waals surface area contributed by atoms with Gasteiger partial charge in [-0.3, -0.25) is 4.79 Å². The highest BCUT2D eigenvalue weighted by atomic mass is 16.2. The topological polar surface area (TPSA) is 67.5 Å². The summed E-state index contributed by atoms with van der Waals surface area (Å²) in [5.41, 5.74) is 0. The summed E-state index contributed by atoms with van der Waals surface area (Å²) in [5, 5.41) is 5.95. The van der Waals surface area contributed by atoms with E-state index in [1.807, 2.05) is 0 Å². The number of nitrogens with one attached hydrogen (secondary N) is 1. The molecule has 0 aromatic heterocycles. The van der Waals surface area contributed by atoms with E-state index in [0.717, 1.165) is 13.0 Å². The average molecular weight is 127 g/mol. The molecule has 1 rings (SSSR count). The van der Waals surface area contributed by atoms with Gasteiger partial charge in [0.2, 0.25) is 5.91 Å². The Morgan fingerprint density at radius 3 is 3.11 bits per heavy atom. The van der Waals surface area contributed by atoms with E-state index in [4.69, 9.17) is 5.84 Å². The largest absolute Gasteiger partial charge is 0.356 e. The fourth-order valence-corrected chi connectivity index (χ4v) is 0.859. The van der Waals surface area contributed by atoms with Crippen molar-refractivity contribution in [1.29, 1.82) is 0 Å². The van der Waals surface area contributed by atoms with Crippen LogP contribution in [0.5, 0.6) is 0 Å². The summed E-state index contributed by atoms with van der Waals surface area (Å²) < 4.78 is 0. The van der Waals surface area contributed by atoms with Crippen LogP contribution >= 0.6 is 0 Å². The Kier molecular flexibility index (Phi) is 1.67. The molecule has 1 amide bonds. The fraction of sp³-hybridized carbons (Fsp3) is 0.600. The number of amides is 1. The molecule has 1 fully saturated rings. The third kappa shape index (κ3) is 1.19. The van der Waals surface area contributed by atoms with E-state index in [1.165, 1.54) is 6.21 Å². The standard InChI is InChI=1S/C5H9N3O/c6-8-3-4-1-2-7-5(4)9/h3-4H,1-2,6H2,(H,7,9). The molecule has 0 aromatic rings. The van der Waals surface area contributed by atoms with Crippen molar-refractivity contribution < 1.29 is 4.79 Å². The lowest BCUT2D eigenvalue weighted by molar-refractivity contribution is -0.120. The molecule has 1 heterocycles. The molecule has 1 aliphatic heterocycles. The van der Waals surface area contributed by atoms with Gasteiger partial charge in [0.15, 0.2) is 0 Å². The normalized spacial score (nSPS) is 27.1. The fourth-order valence-electron chi connectivity index (χ4n) is 0.859. The summed E-state index contributed by atoms with van der Waals surface area (Å²) >= 11 is 0. The second-order valence-corrected chi connectivity index (χ2v) is 1.98. The number of rotatable bonds is 1. The van der Waals surface area contributed by atoms with Gasteiger partial charge in [0, 0.05) is 12.8 Å². The van der Waals surface area contributed by atoms with Gasteiger partial charge < -0.3 is 11.2 Å². The minimum atomic E-state index is -0.0880. The van der Waals surface area contributed by atoms with Crippen molar-refractivity contribution >= 4 is 12.1 Å². The highest BCUT2D eigenvalue weighted by molar-refractivity contribution is 5.94. The molecule has 9 heavy (non-hydrogen) atoms. The molecule has 1 unspecified atom stereocenters. The Morgan fingerprint density at radius 2 is 2.67 bits per heavy atom. The van der Waals surface area contributed by atoms with E-state index < -0.39 is 0 Å². The van der Waals surface area contributed by atoms with Gasteiger partial charge in [-0.2, -0.15) is 5.10 Å². The Labute approximate surface area is 53.1 Å². The van der Waals surface area contributed by atoms with Gasteiger partial charge >= 0.3 is 0 Å². The third-order valence-corrected chi connectivity index (χ3v) is 1.36. The van der Waals surface area contributed by atoms with E-state index in [0.29, 0.717) is 0 Å². The van der Waals surface area contributed by atoms with Crippen LogP contribution in [0.3, 0.4) is 0 Å². The number of nitrogens with zero attached hydrogens (tertiary/aromatic N) is 1. The minimum Gasteiger partial charge on any atom is -0.356 e. The second-order valence-electron chi connectivity index (χ2n) is 1.98. The van der Waals surface area contributed by atoms with Crippen molar-refractivity contribution in [1.82, 2.24) is 5.32 Å². The van der Waals surface area contributed by atoms with Gasteiger partial charge in [-0.05, 0) is 6.42 Å². The minimum absolute atomic E-state index is 0.0317. The monoisotopic (exact) mass is 127 g/mol. The molecule has 0 spiro atoms. The summed E-state index contributed by atoms with van der Waals surface area (Å²) in [6.45, 7) is 0.746. The predicted octanol–water partition coefficient (Wildman–Crippen LogP) is -0.933. The van der Waals surface area contributed by atoms with E-state index in [1.54, 1.807) is 0 Å². The van der Waals surface area contributed by atoms with Crippen LogP contribution in [0.4, 0.5) is 0 Å². The number of hydrogen-bond donors (Lipinski definition) is 2. The first kappa shape index (κ1) is 6.07. The maximum absolute atomic E-state index is 10.7. The molecule has 50 valence electrons. The van der Waals surface area contributed by atoms with Crippen molar-refractivity contribution in [3.8, 4) is 0 Å². The summed E-state index contributed by atoms with van der Waals surface area (Å²) in [5.74, 6) is 4.80. The maximum atomic E-state index is 10.7. The summed E-state index contributed by atoms with van der Waals surface area (Å²) in [6.07, 6.45) is 2.29. The molecule has 0 aromatic carbocycles. The van der Waals surface area contributed by atoms with Crippen LogP contribution in [0, 0.1) is 5.92 Å². The molecule has 3 N–H and O–H groups in total. The highest BCUT2D eigenvalue weighted by Crippen LogP contribution is 2.04. The van der Waals surface area contributed by atoms with Crippen LogP contribution in [-0.4, -0.2) is 18.7 Å². The van der Waals surface area contributed by atoms with Gasteiger partial charge in [-0.15, -0.1) is 0 Å². The van der Waals surface area contributed by atoms with E-state index in [-0.39, 0.29) is 11.8 Å². The Morgan fingerprint density at radius 1 is 1.89 bits per heavy atom. The van der Waals surface area contributed by atoms with E-state index in [9.17, 15) is 4.79 Å². The number of hydrazone groups is 1. The first-order chi connectivity index (χ1) is 4.34. The number of hydrogen-bond acceptors (Lipinski definition) is 3. The number of carbonyl (C=O) groups is 1. The second kappa shape index (κ2) is 2.48. The maximum Gasteiger partial charge on any atom is 0.228 e. The van der Waals surface area contributed by atoms with Gasteiger partial charge in [0.25, 0.3) is 0 Å². The van der Waals surface area contributed by atoms with Crippen molar-refractivity contribution in [2.24, 2.45) is 16.9 Å². The molecule has 4 heteroatoms. The van der Waals surface area contributed by atoms with Crippen LogP contribution in [0.15, 0.2) is 5.10 Å². The molecule has 0 radical (unpaired) electrons. The van der Waals surface area contributed by atoms with E-state index in [2.05, 4.69) is 10.4 Å². The van der Waals surface area contributed by atoms with Crippen LogP contribution < -0.4 is 11.2 Å². The SMILES string of the molecule is NN=CC1CCNC1=O. The number of nitrogens with two attached hydrogens (primary N) is 1. The van der Waals surface area contributed by atoms with Gasteiger partial charge in [0.05, 0.1) is 5.92 Å². The van der Waals surface area contributed by atoms with Gasteiger partial charge in [-0.25, -0.2) is 0 Å². The molecule has 0 bridgehead atoms. The van der Waals surface area contributed by atoms with Crippen LogP contribution in [0.25, 0.3) is 0 Å². The summed E-state index contributed by atoms with van der Waals surface area (Å²) in [7, 11) is 0.